The Balaban J connectivity index is 1.53. The first-order valence-electron chi connectivity index (χ1n) is 8.55. The van der Waals surface area contributed by atoms with Gasteiger partial charge in [0.15, 0.2) is 0 Å². The van der Waals surface area contributed by atoms with Gasteiger partial charge in [0.25, 0.3) is 5.69 Å². The van der Waals surface area contributed by atoms with E-state index in [0.717, 1.165) is 30.5 Å². The van der Waals surface area contributed by atoms with Crippen LogP contribution in [0.5, 0.6) is 5.75 Å². The third kappa shape index (κ3) is 4.30. The number of amides is 1. The normalized spacial score (nSPS) is 15.5. The fourth-order valence-electron chi connectivity index (χ4n) is 2.98. The van der Waals surface area contributed by atoms with Crippen molar-refractivity contribution >= 4 is 17.5 Å². The Bertz CT molecular complexity index is 795. The minimum Gasteiger partial charge on any atom is -0.410 e. The van der Waals surface area contributed by atoms with Crippen LogP contribution >= 0.6 is 0 Å². The molecule has 1 aliphatic rings. The Labute approximate surface area is 151 Å². The molecule has 7 heteroatoms. The van der Waals surface area contributed by atoms with Crippen molar-refractivity contribution < 1.29 is 14.5 Å². The quantitative estimate of drug-likeness (QED) is 0.650. The molecule has 7 nitrogen and oxygen atoms in total. The van der Waals surface area contributed by atoms with Crippen LogP contribution in [-0.4, -0.2) is 35.6 Å². The molecule has 0 saturated carbocycles. The zero-order valence-electron chi connectivity index (χ0n) is 14.6. The molecule has 0 aliphatic carbocycles. The van der Waals surface area contributed by atoms with Crippen molar-refractivity contribution in [3.63, 3.8) is 0 Å². The molecular weight excluding hydrogens is 334 g/mol. The number of nitro groups is 1. The Kier molecular flexibility index (Phi) is 5.36. The summed E-state index contributed by atoms with van der Waals surface area (Å²) < 4.78 is 5.31. The molecule has 1 amide bonds. The van der Waals surface area contributed by atoms with Gasteiger partial charge in [0.05, 0.1) is 4.92 Å². The van der Waals surface area contributed by atoms with Crippen molar-refractivity contribution in [2.45, 2.75) is 25.3 Å². The molecule has 1 heterocycles. The average molecular weight is 355 g/mol. The van der Waals surface area contributed by atoms with Gasteiger partial charge in [-0.25, -0.2) is 4.79 Å². The number of nitro benzene ring substituents is 1. The van der Waals surface area contributed by atoms with E-state index in [-0.39, 0.29) is 16.7 Å². The van der Waals surface area contributed by atoms with Crippen molar-refractivity contribution in [3.05, 3.63) is 64.2 Å². The molecule has 136 valence electrons. The summed E-state index contributed by atoms with van der Waals surface area (Å²) in [5.41, 5.74) is 1.98. The number of hydrogen-bond donors (Lipinski definition) is 1. The van der Waals surface area contributed by atoms with Crippen molar-refractivity contribution in [2.75, 3.05) is 18.9 Å². The number of benzene rings is 2. The van der Waals surface area contributed by atoms with Gasteiger partial charge < -0.3 is 15.0 Å². The fourth-order valence-corrected chi connectivity index (χ4v) is 2.98. The van der Waals surface area contributed by atoms with Gasteiger partial charge in [-0.2, -0.15) is 0 Å². The van der Waals surface area contributed by atoms with Gasteiger partial charge in [0, 0.05) is 37.5 Å². The van der Waals surface area contributed by atoms with E-state index < -0.39 is 6.09 Å². The van der Waals surface area contributed by atoms with Crippen molar-refractivity contribution in [3.8, 4) is 5.75 Å². The largest absolute Gasteiger partial charge is 0.414 e. The van der Waals surface area contributed by atoms with Crippen LogP contribution in [0, 0.1) is 10.1 Å². The number of non-ortho nitro benzene ring substituents is 1. The molecule has 0 radical (unpaired) electrons. The highest BCUT2D eigenvalue weighted by atomic mass is 16.6. The van der Waals surface area contributed by atoms with E-state index in [2.05, 4.69) is 5.32 Å². The highest BCUT2D eigenvalue weighted by Gasteiger charge is 2.21. The molecule has 2 aromatic carbocycles. The standard InChI is InChI=1S/C19H21N3O4/c1-21(19(23)26-17-5-3-2-4-6-17)12-11-15-9-7-14-8-10-16(22(24)25)13-18(14)20-15/h2-6,8,10,13,15,20H,7,9,11-12H2,1H3. The fraction of sp³-hybridized carbons (Fsp3) is 0.316. The van der Waals surface area contributed by atoms with Crippen LogP contribution in [0.2, 0.25) is 0 Å². The number of nitrogens with zero attached hydrogens (tertiary/aromatic N) is 2. The second kappa shape index (κ2) is 7.86. The summed E-state index contributed by atoms with van der Waals surface area (Å²) in [6.45, 7) is 0.535. The lowest BCUT2D eigenvalue weighted by molar-refractivity contribution is -0.384. The molecular formula is C19H21N3O4. The average Bonchev–Trinajstić information content (AvgIpc) is 2.66. The molecule has 26 heavy (non-hydrogen) atoms. The van der Waals surface area contributed by atoms with Crippen LogP contribution in [0.15, 0.2) is 48.5 Å². The van der Waals surface area contributed by atoms with Crippen LogP contribution in [-0.2, 0) is 6.42 Å². The molecule has 0 bridgehead atoms. The Morgan fingerprint density at radius 1 is 1.31 bits per heavy atom. The first-order valence-corrected chi connectivity index (χ1v) is 8.55. The van der Waals surface area contributed by atoms with E-state index in [1.165, 1.54) is 11.0 Å². The maximum Gasteiger partial charge on any atom is 0.414 e. The van der Waals surface area contributed by atoms with Gasteiger partial charge in [-0.05, 0) is 37.0 Å². The molecule has 1 N–H and O–H groups in total. The summed E-state index contributed by atoms with van der Waals surface area (Å²) in [6.07, 6.45) is 2.13. The molecule has 1 unspecified atom stereocenters. The van der Waals surface area contributed by atoms with Crippen LogP contribution in [0.25, 0.3) is 0 Å². The van der Waals surface area contributed by atoms with Gasteiger partial charge in [0.2, 0.25) is 0 Å². The van der Waals surface area contributed by atoms with Gasteiger partial charge in [-0.1, -0.05) is 24.3 Å². The summed E-state index contributed by atoms with van der Waals surface area (Å²) >= 11 is 0. The maximum absolute atomic E-state index is 12.1. The Morgan fingerprint density at radius 2 is 2.08 bits per heavy atom. The number of nitrogens with one attached hydrogen (secondary N) is 1. The zero-order valence-corrected chi connectivity index (χ0v) is 14.6. The maximum atomic E-state index is 12.1. The lowest BCUT2D eigenvalue weighted by atomic mass is 9.96. The number of carbonyl (C=O) groups is 1. The first-order chi connectivity index (χ1) is 12.5. The van der Waals surface area contributed by atoms with Gasteiger partial charge >= 0.3 is 6.09 Å². The van der Waals surface area contributed by atoms with Gasteiger partial charge in [-0.3, -0.25) is 10.1 Å². The minimum absolute atomic E-state index is 0.0838. The highest BCUT2D eigenvalue weighted by molar-refractivity contribution is 5.70. The summed E-state index contributed by atoms with van der Waals surface area (Å²) in [5, 5.41) is 14.3. The van der Waals surface area contributed by atoms with Crippen molar-refractivity contribution in [2.24, 2.45) is 0 Å². The monoisotopic (exact) mass is 355 g/mol. The number of para-hydroxylation sites is 1. The van der Waals surface area contributed by atoms with Gasteiger partial charge in [-0.15, -0.1) is 0 Å². The molecule has 0 aromatic heterocycles. The molecule has 1 aliphatic heterocycles. The third-order valence-corrected chi connectivity index (χ3v) is 4.50. The third-order valence-electron chi connectivity index (χ3n) is 4.50. The predicted octanol–water partition coefficient (Wildman–Crippen LogP) is 3.84. The number of hydrogen-bond acceptors (Lipinski definition) is 5. The van der Waals surface area contributed by atoms with Crippen molar-refractivity contribution in [1.82, 2.24) is 4.90 Å². The van der Waals surface area contributed by atoms with Crippen molar-refractivity contribution in [1.29, 1.82) is 0 Å². The summed E-state index contributed by atoms with van der Waals surface area (Å²) in [7, 11) is 1.70. The Morgan fingerprint density at radius 3 is 2.81 bits per heavy atom. The first kappa shape index (κ1) is 17.7. The summed E-state index contributed by atoms with van der Waals surface area (Å²) in [6, 6.07) is 14.0. The number of anilines is 1. The number of fused-ring (bicyclic) bond motifs is 1. The molecule has 2 aromatic rings. The molecule has 0 saturated heterocycles. The number of carbonyl (C=O) groups excluding carboxylic acids is 1. The van der Waals surface area contributed by atoms with E-state index in [4.69, 9.17) is 4.74 Å². The predicted molar refractivity (Wildman–Crippen MR) is 98.5 cm³/mol. The van der Waals surface area contributed by atoms with E-state index in [1.54, 1.807) is 31.3 Å². The SMILES string of the molecule is CN(CCC1CCc2ccc([N+](=O)[O-])cc2N1)C(=O)Oc1ccccc1. The highest BCUT2D eigenvalue weighted by Crippen LogP contribution is 2.29. The molecule has 1 atom stereocenters. The topological polar surface area (TPSA) is 84.7 Å². The second-order valence-electron chi connectivity index (χ2n) is 6.37. The summed E-state index contributed by atoms with van der Waals surface area (Å²) in [4.78, 5) is 24.2. The smallest absolute Gasteiger partial charge is 0.410 e. The number of rotatable bonds is 5. The lowest BCUT2D eigenvalue weighted by Gasteiger charge is -2.28. The Hall–Kier alpha value is -3.09. The number of ether oxygens (including phenoxy) is 1. The molecule has 0 fully saturated rings. The van der Waals surface area contributed by atoms with E-state index >= 15 is 0 Å². The van der Waals surface area contributed by atoms with E-state index in [9.17, 15) is 14.9 Å². The second-order valence-corrected chi connectivity index (χ2v) is 6.37. The summed E-state index contributed by atoms with van der Waals surface area (Å²) in [5.74, 6) is 0.515. The molecule has 3 rings (SSSR count). The lowest BCUT2D eigenvalue weighted by Crippen LogP contribution is -2.35. The van der Waals surface area contributed by atoms with Crippen LogP contribution < -0.4 is 10.1 Å². The minimum atomic E-state index is -0.400. The van der Waals surface area contributed by atoms with Crippen LogP contribution in [0.4, 0.5) is 16.2 Å². The van der Waals surface area contributed by atoms with E-state index in [0.29, 0.717) is 12.3 Å². The van der Waals surface area contributed by atoms with Crippen LogP contribution in [0.1, 0.15) is 18.4 Å². The number of aryl methyl sites for hydroxylation is 1. The van der Waals surface area contributed by atoms with Crippen LogP contribution in [0.3, 0.4) is 0 Å². The zero-order chi connectivity index (χ0) is 18.5. The van der Waals surface area contributed by atoms with E-state index in [1.807, 2.05) is 18.2 Å². The van der Waals surface area contributed by atoms with Gasteiger partial charge in [0.1, 0.15) is 5.75 Å². The molecule has 0 spiro atoms.